The first-order valence-corrected chi connectivity index (χ1v) is 11.0. The van der Waals surface area contributed by atoms with Crippen LogP contribution < -0.4 is 10.1 Å². The fourth-order valence-electron chi connectivity index (χ4n) is 4.67. The molecule has 0 heterocycles. The van der Waals surface area contributed by atoms with E-state index in [1.54, 1.807) is 0 Å². The summed E-state index contributed by atoms with van der Waals surface area (Å²) in [4.78, 5) is 37.1. The lowest BCUT2D eigenvalue weighted by Gasteiger charge is -2.37. The lowest BCUT2D eigenvalue weighted by molar-refractivity contribution is -0.384. The number of allylic oxidation sites excluding steroid dienone is 2. The second kappa shape index (κ2) is 10.2. The van der Waals surface area contributed by atoms with Gasteiger partial charge in [0.2, 0.25) is 5.91 Å². The number of carbonyl (C=O) groups excluding carboxylic acids is 1. The molecule has 0 fully saturated rings. The maximum atomic E-state index is 13.8. The summed E-state index contributed by atoms with van der Waals surface area (Å²) in [5.41, 5.74) is 1.47. The number of aliphatic carboxylic acids is 1. The van der Waals surface area contributed by atoms with Crippen LogP contribution in [0.1, 0.15) is 23.0 Å². The third kappa shape index (κ3) is 4.91. The monoisotopic (exact) mass is 472 g/mol. The Labute approximate surface area is 202 Å². The summed E-state index contributed by atoms with van der Waals surface area (Å²) in [6.45, 7) is 0. The number of non-ortho nitro benzene ring substituents is 1. The number of hydrogen-bond donors (Lipinski definition) is 2. The van der Waals surface area contributed by atoms with Crippen molar-refractivity contribution in [2.24, 2.45) is 11.8 Å². The van der Waals surface area contributed by atoms with Gasteiger partial charge in [-0.3, -0.25) is 19.7 Å². The van der Waals surface area contributed by atoms with Crippen LogP contribution in [-0.4, -0.2) is 29.0 Å². The number of anilines is 1. The number of carbonyl (C=O) groups is 2. The highest BCUT2D eigenvalue weighted by atomic mass is 16.6. The second-order valence-electron chi connectivity index (χ2n) is 8.28. The molecule has 4 rings (SSSR count). The highest BCUT2D eigenvalue weighted by Gasteiger charge is 2.46. The average molecular weight is 472 g/mol. The molecule has 0 bridgehead atoms. The smallest absolute Gasteiger partial charge is 0.308 e. The van der Waals surface area contributed by atoms with Crippen LogP contribution in [0.25, 0.3) is 0 Å². The Balaban J connectivity index is 1.79. The van der Waals surface area contributed by atoms with Gasteiger partial charge in [-0.2, -0.15) is 0 Å². The summed E-state index contributed by atoms with van der Waals surface area (Å²) in [5.74, 6) is -4.53. The molecule has 1 aliphatic carbocycles. The van der Waals surface area contributed by atoms with Crippen LogP contribution in [0, 0.1) is 22.0 Å². The zero-order valence-corrected chi connectivity index (χ0v) is 18.9. The molecule has 2 N–H and O–H groups in total. The number of carboxylic acids is 1. The van der Waals surface area contributed by atoms with Gasteiger partial charge in [-0.15, -0.1) is 0 Å². The Hall–Kier alpha value is -4.46. The maximum Gasteiger partial charge on any atom is 0.308 e. The normalized spacial score (nSPS) is 21.2. The number of hydrogen-bond acceptors (Lipinski definition) is 5. The predicted octanol–water partition coefficient (Wildman–Crippen LogP) is 5.00. The van der Waals surface area contributed by atoms with Crippen LogP contribution in [0.3, 0.4) is 0 Å². The van der Waals surface area contributed by atoms with Gasteiger partial charge in [0.05, 0.1) is 29.6 Å². The fraction of sp³-hybridized carbons (Fsp3) is 0.185. The summed E-state index contributed by atoms with van der Waals surface area (Å²) in [7, 11) is 1.39. The summed E-state index contributed by atoms with van der Waals surface area (Å²) >= 11 is 0. The third-order valence-corrected chi connectivity index (χ3v) is 6.30. The number of nitrogens with zero attached hydrogens (tertiary/aromatic N) is 1. The standard InChI is InChI=1S/C27H24N2O6/c1-35-23-15-12-19(29(33)34)16-22(23)28-26(30)24-20(17-8-4-2-5-9-17)13-14-21(25(24)27(31)32)18-10-6-3-7-11-18/h2-16,20-21,24-25H,1H3,(H,28,30)(H,31,32)/t20-,21-,24-,25-/m0/s1. The first-order chi connectivity index (χ1) is 16.9. The number of nitrogens with one attached hydrogen (secondary N) is 1. The van der Waals surface area contributed by atoms with E-state index in [0.717, 1.165) is 11.1 Å². The zero-order chi connectivity index (χ0) is 24.9. The van der Waals surface area contributed by atoms with E-state index < -0.39 is 40.5 Å². The third-order valence-electron chi connectivity index (χ3n) is 6.30. The molecule has 0 unspecified atom stereocenters. The topological polar surface area (TPSA) is 119 Å². The van der Waals surface area contributed by atoms with E-state index >= 15 is 0 Å². The van der Waals surface area contributed by atoms with Crippen molar-refractivity contribution in [3.8, 4) is 5.75 Å². The molecule has 8 heteroatoms. The minimum absolute atomic E-state index is 0.105. The van der Waals surface area contributed by atoms with Crippen molar-refractivity contribution in [1.29, 1.82) is 0 Å². The molecule has 0 aromatic heterocycles. The number of ether oxygens (including phenoxy) is 1. The van der Waals surface area contributed by atoms with E-state index in [4.69, 9.17) is 4.74 Å². The molecule has 1 aliphatic rings. The Morgan fingerprint density at radius 3 is 1.91 bits per heavy atom. The summed E-state index contributed by atoms with van der Waals surface area (Å²) in [5, 5.41) is 24.3. The summed E-state index contributed by atoms with van der Waals surface area (Å²) in [6, 6.07) is 22.3. The van der Waals surface area contributed by atoms with Crippen molar-refractivity contribution in [2.45, 2.75) is 11.8 Å². The quantitative estimate of drug-likeness (QED) is 0.284. The minimum atomic E-state index is -1.10. The van der Waals surface area contributed by atoms with Crippen molar-refractivity contribution < 1.29 is 24.4 Å². The molecule has 0 aliphatic heterocycles. The lowest BCUT2D eigenvalue weighted by Crippen LogP contribution is -2.42. The molecule has 0 spiro atoms. The Kier molecular flexibility index (Phi) is 6.91. The first kappa shape index (κ1) is 23.7. The van der Waals surface area contributed by atoms with Gasteiger partial charge in [0, 0.05) is 24.0 Å². The van der Waals surface area contributed by atoms with E-state index in [9.17, 15) is 24.8 Å². The van der Waals surface area contributed by atoms with Crippen molar-refractivity contribution in [2.75, 3.05) is 12.4 Å². The van der Waals surface area contributed by atoms with Gasteiger partial charge >= 0.3 is 5.97 Å². The summed E-state index contributed by atoms with van der Waals surface area (Å²) < 4.78 is 5.28. The lowest BCUT2D eigenvalue weighted by atomic mass is 9.66. The molecule has 1 amide bonds. The maximum absolute atomic E-state index is 13.8. The van der Waals surface area contributed by atoms with E-state index in [0.29, 0.717) is 0 Å². The van der Waals surface area contributed by atoms with Gasteiger partial charge < -0.3 is 15.2 Å². The molecule has 0 radical (unpaired) electrons. The first-order valence-electron chi connectivity index (χ1n) is 11.0. The molecule has 4 atom stereocenters. The number of nitro groups is 1. The molecule has 8 nitrogen and oxygen atoms in total. The van der Waals surface area contributed by atoms with Crippen LogP contribution in [-0.2, 0) is 9.59 Å². The number of nitro benzene ring substituents is 1. The SMILES string of the molecule is COc1ccc([N+](=O)[O-])cc1NC(=O)[C@@H]1[C@@H](C(=O)O)[C@H](c2ccccc2)C=C[C@H]1c1ccccc1. The predicted molar refractivity (Wildman–Crippen MR) is 130 cm³/mol. The molecular formula is C27H24N2O6. The summed E-state index contributed by atoms with van der Waals surface area (Å²) in [6.07, 6.45) is 3.73. The number of carboxylic acid groups (broad SMARTS) is 1. The Morgan fingerprint density at radius 2 is 1.43 bits per heavy atom. The second-order valence-corrected chi connectivity index (χ2v) is 8.28. The van der Waals surface area contributed by atoms with Crippen LogP contribution in [0.2, 0.25) is 0 Å². The van der Waals surface area contributed by atoms with Crippen LogP contribution in [0.15, 0.2) is 91.0 Å². The molecule has 0 saturated heterocycles. The highest BCUT2D eigenvalue weighted by Crippen LogP contribution is 2.45. The largest absolute Gasteiger partial charge is 0.495 e. The highest BCUT2D eigenvalue weighted by molar-refractivity contribution is 5.98. The van der Waals surface area contributed by atoms with Crippen molar-refractivity contribution >= 4 is 23.3 Å². The molecular weight excluding hydrogens is 448 g/mol. The Morgan fingerprint density at radius 1 is 0.886 bits per heavy atom. The van der Waals surface area contributed by atoms with E-state index in [1.165, 1.54) is 25.3 Å². The van der Waals surface area contributed by atoms with Crippen LogP contribution >= 0.6 is 0 Å². The fourth-order valence-corrected chi connectivity index (χ4v) is 4.67. The van der Waals surface area contributed by atoms with Crippen molar-refractivity contribution in [3.63, 3.8) is 0 Å². The van der Waals surface area contributed by atoms with Gasteiger partial charge in [0.25, 0.3) is 5.69 Å². The van der Waals surface area contributed by atoms with Gasteiger partial charge in [-0.05, 0) is 17.2 Å². The number of methoxy groups -OCH3 is 1. The Bertz CT molecular complexity index is 1260. The number of rotatable bonds is 7. The van der Waals surface area contributed by atoms with Gasteiger partial charge in [0.15, 0.2) is 0 Å². The van der Waals surface area contributed by atoms with Crippen molar-refractivity contribution in [1.82, 2.24) is 0 Å². The molecule has 35 heavy (non-hydrogen) atoms. The van der Waals surface area contributed by atoms with Crippen LogP contribution in [0.5, 0.6) is 5.75 Å². The molecule has 0 saturated carbocycles. The molecule has 3 aromatic carbocycles. The zero-order valence-electron chi connectivity index (χ0n) is 18.9. The van der Waals surface area contributed by atoms with E-state index in [1.807, 2.05) is 72.8 Å². The van der Waals surface area contributed by atoms with Crippen molar-refractivity contribution in [3.05, 3.63) is 112 Å². The number of benzene rings is 3. The number of amides is 1. The van der Waals surface area contributed by atoms with Gasteiger partial charge in [0.1, 0.15) is 5.75 Å². The van der Waals surface area contributed by atoms with E-state index in [2.05, 4.69) is 5.32 Å². The van der Waals surface area contributed by atoms with Gasteiger partial charge in [-0.25, -0.2) is 0 Å². The van der Waals surface area contributed by atoms with Gasteiger partial charge in [-0.1, -0.05) is 72.8 Å². The minimum Gasteiger partial charge on any atom is -0.495 e. The van der Waals surface area contributed by atoms with Crippen LogP contribution in [0.4, 0.5) is 11.4 Å². The molecule has 3 aromatic rings. The average Bonchev–Trinajstić information content (AvgIpc) is 2.88. The van der Waals surface area contributed by atoms with E-state index in [-0.39, 0.29) is 17.1 Å². The molecule has 178 valence electrons.